The molecule has 2 aliphatic rings. The Labute approximate surface area is 234 Å². The summed E-state index contributed by atoms with van der Waals surface area (Å²) in [6.07, 6.45) is 0.761. The number of nitrogens with zero attached hydrogens (tertiary/aromatic N) is 3. The minimum atomic E-state index is -0.539. The maximum Gasteiger partial charge on any atom is 0.338 e. The number of amidine groups is 1. The highest BCUT2D eigenvalue weighted by atomic mass is 32.2. The number of thioether (sulfide) groups is 1. The second-order valence-electron chi connectivity index (χ2n) is 9.03. The van der Waals surface area contributed by atoms with E-state index in [0.29, 0.717) is 48.9 Å². The molecule has 206 valence electrons. The average Bonchev–Trinajstić information content (AvgIpc) is 3.37. The SMILES string of the molecule is CCC1=C(C(=O)OC)C(c2ccc(OCc3ccccc3)c(OC)c2)N2C(CC(=O)N(CC)CC)=CSC2=N1. The van der Waals surface area contributed by atoms with Crippen molar-refractivity contribution >= 4 is 28.8 Å². The number of hydrogen-bond donors (Lipinski definition) is 0. The van der Waals surface area contributed by atoms with Crippen LogP contribution in [0.25, 0.3) is 0 Å². The molecular formula is C30H35N3O5S. The summed E-state index contributed by atoms with van der Waals surface area (Å²) in [5.74, 6) is 0.720. The van der Waals surface area contributed by atoms with E-state index in [1.165, 1.54) is 18.9 Å². The van der Waals surface area contributed by atoms with Gasteiger partial charge in [-0.1, -0.05) is 55.1 Å². The Balaban J connectivity index is 1.73. The molecule has 1 unspecified atom stereocenters. The molecule has 0 aliphatic carbocycles. The first-order valence-corrected chi connectivity index (χ1v) is 14.0. The molecule has 39 heavy (non-hydrogen) atoms. The van der Waals surface area contributed by atoms with Gasteiger partial charge in [-0.3, -0.25) is 4.79 Å². The van der Waals surface area contributed by atoms with Crippen LogP contribution in [-0.2, 0) is 20.9 Å². The van der Waals surface area contributed by atoms with E-state index in [0.717, 1.165) is 22.0 Å². The number of rotatable bonds is 11. The van der Waals surface area contributed by atoms with Crippen molar-refractivity contribution in [3.8, 4) is 11.5 Å². The monoisotopic (exact) mass is 549 g/mol. The molecule has 8 nitrogen and oxygen atoms in total. The number of aliphatic imine (C=N–C) groups is 1. The van der Waals surface area contributed by atoms with Gasteiger partial charge in [-0.05, 0) is 48.9 Å². The number of fused-ring (bicyclic) bond motifs is 1. The van der Waals surface area contributed by atoms with Crippen LogP contribution < -0.4 is 9.47 Å². The van der Waals surface area contributed by atoms with Crippen molar-refractivity contribution in [2.75, 3.05) is 27.3 Å². The van der Waals surface area contributed by atoms with Gasteiger partial charge in [-0.15, -0.1) is 0 Å². The molecule has 2 aromatic carbocycles. The predicted molar refractivity (Wildman–Crippen MR) is 153 cm³/mol. The van der Waals surface area contributed by atoms with E-state index >= 15 is 0 Å². The molecule has 0 bridgehead atoms. The summed E-state index contributed by atoms with van der Waals surface area (Å²) in [5, 5.41) is 2.69. The molecule has 2 heterocycles. The zero-order valence-electron chi connectivity index (χ0n) is 23.1. The van der Waals surface area contributed by atoms with Crippen molar-refractivity contribution in [2.45, 2.75) is 46.3 Å². The first-order valence-electron chi connectivity index (χ1n) is 13.1. The van der Waals surface area contributed by atoms with Gasteiger partial charge in [-0.25, -0.2) is 9.79 Å². The van der Waals surface area contributed by atoms with Crippen LogP contribution in [0.2, 0.25) is 0 Å². The lowest BCUT2D eigenvalue weighted by Crippen LogP contribution is -2.39. The van der Waals surface area contributed by atoms with Crippen LogP contribution in [0.5, 0.6) is 11.5 Å². The molecule has 0 N–H and O–H groups in total. The van der Waals surface area contributed by atoms with Gasteiger partial charge in [0.05, 0.1) is 38.0 Å². The molecule has 2 aromatic rings. The number of allylic oxidation sites excluding steroid dienone is 1. The normalized spacial score (nSPS) is 16.3. The minimum absolute atomic E-state index is 0.0268. The fourth-order valence-corrected chi connectivity index (χ4v) is 5.72. The molecular weight excluding hydrogens is 514 g/mol. The second kappa shape index (κ2) is 12.9. The fraction of sp³-hybridized carbons (Fsp3) is 0.367. The molecule has 0 aromatic heterocycles. The zero-order valence-corrected chi connectivity index (χ0v) is 23.9. The molecule has 9 heteroatoms. The number of carbonyl (C=O) groups is 2. The number of methoxy groups -OCH3 is 2. The lowest BCUT2D eigenvalue weighted by atomic mass is 9.92. The first-order chi connectivity index (χ1) is 18.9. The van der Waals surface area contributed by atoms with E-state index in [-0.39, 0.29) is 12.3 Å². The van der Waals surface area contributed by atoms with Gasteiger partial charge in [0.25, 0.3) is 0 Å². The molecule has 1 atom stereocenters. The van der Waals surface area contributed by atoms with Gasteiger partial charge in [0.15, 0.2) is 16.7 Å². The Hall–Kier alpha value is -3.72. The zero-order chi connectivity index (χ0) is 27.9. The van der Waals surface area contributed by atoms with Crippen LogP contribution in [0.4, 0.5) is 0 Å². The van der Waals surface area contributed by atoms with Crippen molar-refractivity contribution in [1.29, 1.82) is 0 Å². The van der Waals surface area contributed by atoms with Gasteiger partial charge >= 0.3 is 5.97 Å². The number of amides is 1. The molecule has 1 amide bonds. The summed E-state index contributed by atoms with van der Waals surface area (Å²) in [7, 11) is 2.97. The molecule has 0 saturated carbocycles. The summed E-state index contributed by atoms with van der Waals surface area (Å²) in [6.45, 7) is 7.57. The Bertz CT molecular complexity index is 1300. The highest BCUT2D eigenvalue weighted by Gasteiger charge is 2.42. The standard InChI is InChI=1S/C30H35N3O5S/c1-6-23-27(29(35)37-5)28(33-22(19-39-30(33)31-23)17-26(34)32(7-2)8-3)21-14-15-24(25(16-21)36-4)38-18-20-12-10-9-11-13-20/h9-16,19,28H,6-8,17-18H2,1-5H3. The molecule has 0 spiro atoms. The molecule has 2 aliphatic heterocycles. The van der Waals surface area contributed by atoms with Gasteiger partial charge in [0.1, 0.15) is 6.61 Å². The van der Waals surface area contributed by atoms with Crippen LogP contribution in [0.1, 0.15) is 50.8 Å². The summed E-state index contributed by atoms with van der Waals surface area (Å²) in [5.41, 5.74) is 3.76. The minimum Gasteiger partial charge on any atom is -0.493 e. The van der Waals surface area contributed by atoms with Crippen molar-refractivity contribution in [1.82, 2.24) is 9.80 Å². The highest BCUT2D eigenvalue weighted by Crippen LogP contribution is 2.47. The number of esters is 1. The van der Waals surface area contributed by atoms with Gasteiger partial charge in [0.2, 0.25) is 5.91 Å². The number of hydrogen-bond acceptors (Lipinski definition) is 8. The maximum absolute atomic E-state index is 13.2. The van der Waals surface area contributed by atoms with E-state index < -0.39 is 12.0 Å². The Morgan fingerprint density at radius 2 is 1.77 bits per heavy atom. The lowest BCUT2D eigenvalue weighted by Gasteiger charge is -2.37. The van der Waals surface area contributed by atoms with E-state index in [4.69, 9.17) is 19.2 Å². The largest absolute Gasteiger partial charge is 0.493 e. The second-order valence-corrected chi connectivity index (χ2v) is 9.86. The lowest BCUT2D eigenvalue weighted by molar-refractivity contribution is -0.136. The Morgan fingerprint density at radius 3 is 2.41 bits per heavy atom. The van der Waals surface area contributed by atoms with E-state index in [1.807, 2.05) is 79.6 Å². The Kier molecular flexibility index (Phi) is 9.35. The average molecular weight is 550 g/mol. The Morgan fingerprint density at radius 1 is 1.03 bits per heavy atom. The number of ether oxygens (including phenoxy) is 3. The first kappa shape index (κ1) is 28.3. The number of carbonyl (C=O) groups excluding carboxylic acids is 2. The van der Waals surface area contributed by atoms with Crippen molar-refractivity contribution in [3.05, 3.63) is 82.0 Å². The van der Waals surface area contributed by atoms with E-state index in [9.17, 15) is 9.59 Å². The van der Waals surface area contributed by atoms with Crippen LogP contribution in [-0.4, -0.2) is 54.2 Å². The quantitative estimate of drug-likeness (QED) is 0.334. The van der Waals surface area contributed by atoms with Crippen LogP contribution in [0, 0.1) is 0 Å². The van der Waals surface area contributed by atoms with Gasteiger partial charge in [0, 0.05) is 18.8 Å². The fourth-order valence-electron chi connectivity index (χ4n) is 4.78. The van der Waals surface area contributed by atoms with Crippen molar-refractivity contribution in [2.24, 2.45) is 4.99 Å². The summed E-state index contributed by atoms with van der Waals surface area (Å²) < 4.78 is 17.0. The molecule has 4 rings (SSSR count). The predicted octanol–water partition coefficient (Wildman–Crippen LogP) is 5.67. The van der Waals surface area contributed by atoms with E-state index in [1.54, 1.807) is 12.0 Å². The third-order valence-electron chi connectivity index (χ3n) is 6.82. The highest BCUT2D eigenvalue weighted by molar-refractivity contribution is 8.16. The maximum atomic E-state index is 13.2. The topological polar surface area (TPSA) is 80.7 Å². The third-order valence-corrected chi connectivity index (χ3v) is 7.71. The van der Waals surface area contributed by atoms with Gasteiger partial charge < -0.3 is 24.0 Å². The van der Waals surface area contributed by atoms with E-state index in [2.05, 4.69) is 0 Å². The summed E-state index contributed by atoms with van der Waals surface area (Å²) >= 11 is 1.46. The molecule has 0 saturated heterocycles. The molecule has 0 radical (unpaired) electrons. The third kappa shape index (κ3) is 5.98. The molecule has 0 fully saturated rings. The van der Waals surface area contributed by atoms with Crippen LogP contribution in [0.15, 0.2) is 75.9 Å². The summed E-state index contributed by atoms with van der Waals surface area (Å²) in [4.78, 5) is 34.9. The number of benzene rings is 2. The van der Waals surface area contributed by atoms with Crippen LogP contribution >= 0.6 is 11.8 Å². The van der Waals surface area contributed by atoms with Crippen molar-refractivity contribution in [3.63, 3.8) is 0 Å². The van der Waals surface area contributed by atoms with Gasteiger partial charge in [-0.2, -0.15) is 0 Å². The van der Waals surface area contributed by atoms with Crippen molar-refractivity contribution < 1.29 is 23.8 Å². The summed E-state index contributed by atoms with van der Waals surface area (Å²) in [6, 6.07) is 15.0. The smallest absolute Gasteiger partial charge is 0.338 e. The van der Waals surface area contributed by atoms with Crippen LogP contribution in [0.3, 0.4) is 0 Å².